The van der Waals surface area contributed by atoms with Gasteiger partial charge in [-0.2, -0.15) is 0 Å². The van der Waals surface area contributed by atoms with Crippen LogP contribution in [0.4, 0.5) is 0 Å². The van der Waals surface area contributed by atoms with Crippen molar-refractivity contribution in [2.45, 2.75) is 81.4 Å². The monoisotopic (exact) mass is 418 g/mol. The van der Waals surface area contributed by atoms with Gasteiger partial charge in [-0.15, -0.1) is 35.3 Å². The summed E-state index contributed by atoms with van der Waals surface area (Å²) in [5.74, 6) is 0. The molecule has 0 aromatic heterocycles. The van der Waals surface area contributed by atoms with Crippen LogP contribution in [-0.2, 0) is 0 Å². The first-order valence-corrected chi connectivity index (χ1v) is 12.5. The molecule has 1 saturated heterocycles. The molecule has 1 heterocycles. The van der Waals surface area contributed by atoms with E-state index >= 15 is 0 Å². The molecule has 0 aromatic carbocycles. The van der Waals surface area contributed by atoms with Crippen LogP contribution in [0.3, 0.4) is 0 Å². The number of thiocarbonyl (C=S) groups is 1. The van der Waals surface area contributed by atoms with Gasteiger partial charge in [-0.25, -0.2) is 0 Å². The number of hydrogen-bond donors (Lipinski definition) is 0. The third kappa shape index (κ3) is 5.05. The molecule has 1 aliphatic carbocycles. The Labute approximate surface area is 173 Å². The maximum atomic E-state index is 5.96. The predicted molar refractivity (Wildman–Crippen MR) is 124 cm³/mol. The van der Waals surface area contributed by atoms with Crippen molar-refractivity contribution >= 4 is 52.6 Å². The maximum Gasteiger partial charge on any atom is 0.173 e. The summed E-state index contributed by atoms with van der Waals surface area (Å²) < 4.78 is 0. The van der Waals surface area contributed by atoms with Gasteiger partial charge >= 0.3 is 0 Å². The minimum absolute atomic E-state index is 0.000718. The van der Waals surface area contributed by atoms with Crippen LogP contribution in [0.25, 0.3) is 0 Å². The minimum atomic E-state index is 0.000718. The standard InChI is InChI=1S/C19H34N2S4/c1-13(2)23-16-17(24-14(3)4)19(16,25-15(5)6)21-12-10-8-9-11-20(7)18(21)22/h13-15H,8-12H2,1-7H3. The van der Waals surface area contributed by atoms with Gasteiger partial charge in [0.1, 0.15) is 0 Å². The summed E-state index contributed by atoms with van der Waals surface area (Å²) in [5, 5.41) is 2.82. The van der Waals surface area contributed by atoms with E-state index in [0.29, 0.717) is 15.7 Å². The Morgan fingerprint density at radius 1 is 0.840 bits per heavy atom. The van der Waals surface area contributed by atoms with Crippen LogP contribution in [0.5, 0.6) is 0 Å². The Morgan fingerprint density at radius 2 is 1.36 bits per heavy atom. The molecule has 0 atom stereocenters. The van der Waals surface area contributed by atoms with Crippen molar-refractivity contribution in [3.05, 3.63) is 9.81 Å². The molecule has 0 bridgehead atoms. The van der Waals surface area contributed by atoms with Gasteiger partial charge in [0.15, 0.2) is 9.98 Å². The van der Waals surface area contributed by atoms with Crippen molar-refractivity contribution in [2.75, 3.05) is 20.1 Å². The van der Waals surface area contributed by atoms with E-state index in [9.17, 15) is 0 Å². The summed E-state index contributed by atoms with van der Waals surface area (Å²) in [6.45, 7) is 16.0. The van der Waals surface area contributed by atoms with Crippen LogP contribution in [0, 0.1) is 0 Å². The molecule has 2 rings (SSSR count). The second-order valence-corrected chi connectivity index (χ2v) is 13.0. The molecule has 2 aliphatic rings. The SMILES string of the molecule is CC(C)SC1=C(SC(C)C)C1(SC(C)C)N1CCCCCN(C)C1=S. The average molecular weight is 419 g/mol. The van der Waals surface area contributed by atoms with Gasteiger partial charge in [-0.1, -0.05) is 41.5 Å². The highest BCUT2D eigenvalue weighted by Crippen LogP contribution is 2.67. The molecule has 0 radical (unpaired) electrons. The van der Waals surface area contributed by atoms with Crippen molar-refractivity contribution in [1.82, 2.24) is 9.80 Å². The highest BCUT2D eigenvalue weighted by atomic mass is 32.2. The molecule has 1 aliphatic heterocycles. The Kier molecular flexibility index (Phi) is 7.94. The zero-order valence-corrected chi connectivity index (χ0v) is 20.1. The average Bonchev–Trinajstić information content (AvgIpc) is 3.03. The Bertz CT molecular complexity index is 494. The second kappa shape index (κ2) is 9.11. The lowest BCUT2D eigenvalue weighted by molar-refractivity contribution is 0.306. The van der Waals surface area contributed by atoms with E-state index in [1.54, 1.807) is 9.81 Å². The molecular weight excluding hydrogens is 384 g/mol. The van der Waals surface area contributed by atoms with Gasteiger partial charge in [-0.3, -0.25) is 0 Å². The highest BCUT2D eigenvalue weighted by Gasteiger charge is 2.60. The molecule has 0 saturated carbocycles. The lowest BCUT2D eigenvalue weighted by atomic mass is 10.2. The first-order valence-electron chi connectivity index (χ1n) is 9.49. The van der Waals surface area contributed by atoms with Gasteiger partial charge in [0, 0.05) is 45.7 Å². The quantitative estimate of drug-likeness (QED) is 0.462. The third-order valence-corrected chi connectivity index (χ3v) is 8.96. The fraction of sp³-hybridized carbons (Fsp3) is 0.842. The second-order valence-electron chi connectivity index (χ2n) is 7.72. The topological polar surface area (TPSA) is 6.48 Å². The van der Waals surface area contributed by atoms with Crippen LogP contribution in [-0.4, -0.2) is 55.7 Å². The lowest BCUT2D eigenvalue weighted by Gasteiger charge is -2.41. The molecule has 0 aromatic rings. The van der Waals surface area contributed by atoms with E-state index in [0.717, 1.165) is 18.2 Å². The van der Waals surface area contributed by atoms with Crippen LogP contribution in [0.1, 0.15) is 60.8 Å². The Morgan fingerprint density at radius 3 is 1.84 bits per heavy atom. The number of nitrogens with zero attached hydrogens (tertiary/aromatic N) is 2. The Balaban J connectivity index is 2.37. The van der Waals surface area contributed by atoms with Gasteiger partial charge in [0.2, 0.25) is 0 Å². The van der Waals surface area contributed by atoms with Gasteiger partial charge in [0.25, 0.3) is 0 Å². The predicted octanol–water partition coefficient (Wildman–Crippen LogP) is 6.04. The molecule has 1 fully saturated rings. The van der Waals surface area contributed by atoms with Crippen LogP contribution in [0.2, 0.25) is 0 Å². The summed E-state index contributed by atoms with van der Waals surface area (Å²) in [7, 11) is 2.17. The Hall–Kier alpha value is 0.480. The fourth-order valence-electron chi connectivity index (χ4n) is 3.19. The van der Waals surface area contributed by atoms with Gasteiger partial charge < -0.3 is 9.80 Å². The number of hydrogen-bond acceptors (Lipinski definition) is 4. The zero-order valence-electron chi connectivity index (χ0n) is 16.8. The molecular formula is C19H34N2S4. The number of rotatable bonds is 7. The minimum Gasteiger partial charge on any atom is -0.352 e. The zero-order chi connectivity index (χ0) is 18.8. The largest absolute Gasteiger partial charge is 0.352 e. The fourth-order valence-corrected chi connectivity index (χ4v) is 8.08. The molecule has 0 unspecified atom stereocenters. The van der Waals surface area contributed by atoms with E-state index < -0.39 is 0 Å². The van der Waals surface area contributed by atoms with Crippen LogP contribution >= 0.6 is 47.5 Å². The van der Waals surface area contributed by atoms with Gasteiger partial charge in [0.05, 0.1) is 0 Å². The summed E-state index contributed by atoms with van der Waals surface area (Å²) in [6, 6.07) is 0. The van der Waals surface area contributed by atoms with E-state index in [1.165, 1.54) is 19.3 Å². The highest BCUT2D eigenvalue weighted by molar-refractivity contribution is 8.13. The van der Waals surface area contributed by atoms with E-state index in [1.807, 2.05) is 23.5 Å². The van der Waals surface area contributed by atoms with Crippen molar-refractivity contribution in [2.24, 2.45) is 0 Å². The molecule has 144 valence electrons. The molecule has 6 heteroatoms. The summed E-state index contributed by atoms with van der Waals surface area (Å²) in [4.78, 5) is 7.99. The van der Waals surface area contributed by atoms with Crippen LogP contribution in [0.15, 0.2) is 9.81 Å². The molecule has 2 nitrogen and oxygen atoms in total. The van der Waals surface area contributed by atoms with Crippen LogP contribution < -0.4 is 0 Å². The van der Waals surface area contributed by atoms with Crippen molar-refractivity contribution in [1.29, 1.82) is 0 Å². The van der Waals surface area contributed by atoms with Crippen molar-refractivity contribution in [3.8, 4) is 0 Å². The number of thioether (sulfide) groups is 3. The third-order valence-electron chi connectivity index (χ3n) is 4.19. The van der Waals surface area contributed by atoms with E-state index in [-0.39, 0.29) is 4.87 Å². The van der Waals surface area contributed by atoms with Crippen molar-refractivity contribution in [3.63, 3.8) is 0 Å². The summed E-state index contributed by atoms with van der Waals surface area (Å²) in [6.07, 6.45) is 3.79. The first-order chi connectivity index (χ1) is 11.7. The molecule has 25 heavy (non-hydrogen) atoms. The lowest BCUT2D eigenvalue weighted by Crippen LogP contribution is -2.51. The molecule has 0 amide bonds. The molecule has 0 N–H and O–H groups in total. The normalized spacial score (nSPS) is 21.4. The van der Waals surface area contributed by atoms with Crippen molar-refractivity contribution < 1.29 is 0 Å². The van der Waals surface area contributed by atoms with E-state index in [4.69, 9.17) is 12.2 Å². The van der Waals surface area contributed by atoms with E-state index in [2.05, 4.69) is 70.2 Å². The molecule has 0 spiro atoms. The van der Waals surface area contributed by atoms with Gasteiger partial charge in [-0.05, 0) is 31.5 Å². The smallest absolute Gasteiger partial charge is 0.173 e. The summed E-state index contributed by atoms with van der Waals surface area (Å²) in [5.41, 5.74) is 0. The summed E-state index contributed by atoms with van der Waals surface area (Å²) >= 11 is 12.1. The first kappa shape index (κ1) is 21.8. The maximum absolute atomic E-state index is 5.96.